The highest BCUT2D eigenvalue weighted by Crippen LogP contribution is 2.04. The van der Waals surface area contributed by atoms with E-state index in [1.807, 2.05) is 20.8 Å². The summed E-state index contributed by atoms with van der Waals surface area (Å²) in [5, 5.41) is 11.4. The molecule has 0 aliphatic heterocycles. The molecular weight excluding hydrogens is 170 g/mol. The van der Waals surface area contributed by atoms with Gasteiger partial charge in [0.1, 0.15) is 6.29 Å². The molecule has 0 fully saturated rings. The van der Waals surface area contributed by atoms with Crippen LogP contribution in [0.5, 0.6) is 0 Å². The summed E-state index contributed by atoms with van der Waals surface area (Å²) < 4.78 is 0. The number of rotatable bonds is 5. The molecule has 0 radical (unpaired) electrons. The van der Waals surface area contributed by atoms with E-state index < -0.39 is 5.97 Å². The molecule has 1 atom stereocenters. The van der Waals surface area contributed by atoms with Crippen molar-refractivity contribution >= 4 is 12.3 Å². The molecule has 0 aromatic carbocycles. The molecule has 2 N–H and O–H groups in total. The van der Waals surface area contributed by atoms with Gasteiger partial charge in [-0.25, -0.2) is 0 Å². The smallest absolute Gasteiger partial charge is 0.303 e. The van der Waals surface area contributed by atoms with Crippen LogP contribution in [-0.2, 0) is 9.59 Å². The Morgan fingerprint density at radius 2 is 2.08 bits per heavy atom. The number of carboxylic acid groups (broad SMARTS) is 1. The Morgan fingerprint density at radius 1 is 1.54 bits per heavy atom. The van der Waals surface area contributed by atoms with Crippen molar-refractivity contribution in [2.75, 3.05) is 0 Å². The molecule has 0 aliphatic rings. The summed E-state index contributed by atoms with van der Waals surface area (Å²) >= 11 is 0. The molecule has 13 heavy (non-hydrogen) atoms. The summed E-state index contributed by atoms with van der Waals surface area (Å²) in [6, 6.07) is -0.365. The van der Waals surface area contributed by atoms with Crippen molar-refractivity contribution in [2.45, 2.75) is 45.2 Å². The van der Waals surface area contributed by atoms with Crippen molar-refractivity contribution < 1.29 is 14.7 Å². The molecule has 0 aromatic heterocycles. The van der Waals surface area contributed by atoms with Crippen molar-refractivity contribution in [3.05, 3.63) is 0 Å². The van der Waals surface area contributed by atoms with Gasteiger partial charge in [-0.2, -0.15) is 0 Å². The molecule has 0 rings (SSSR count). The predicted octanol–water partition coefficient (Wildman–Crippen LogP) is 0.807. The van der Waals surface area contributed by atoms with Crippen molar-refractivity contribution in [1.82, 2.24) is 5.32 Å². The minimum atomic E-state index is -0.873. The fraction of sp³-hybridized carbons (Fsp3) is 0.778. The first-order valence-electron chi connectivity index (χ1n) is 4.30. The summed E-state index contributed by atoms with van der Waals surface area (Å²) in [4.78, 5) is 20.8. The number of hydrogen-bond donors (Lipinski definition) is 2. The van der Waals surface area contributed by atoms with Gasteiger partial charge in [0.15, 0.2) is 0 Å². The largest absolute Gasteiger partial charge is 0.481 e. The fourth-order valence-electron chi connectivity index (χ4n) is 1.01. The van der Waals surface area contributed by atoms with E-state index in [1.165, 1.54) is 0 Å². The van der Waals surface area contributed by atoms with Crippen LogP contribution in [0.25, 0.3) is 0 Å². The maximum Gasteiger partial charge on any atom is 0.303 e. The third kappa shape index (κ3) is 7.46. The van der Waals surface area contributed by atoms with Crippen LogP contribution < -0.4 is 5.32 Å². The molecule has 0 spiro atoms. The molecule has 0 unspecified atom stereocenters. The van der Waals surface area contributed by atoms with Gasteiger partial charge < -0.3 is 15.2 Å². The Balaban J connectivity index is 3.90. The van der Waals surface area contributed by atoms with Gasteiger partial charge in [0.05, 0.1) is 6.04 Å². The lowest BCUT2D eigenvalue weighted by molar-refractivity contribution is -0.137. The first kappa shape index (κ1) is 12.1. The monoisotopic (exact) mass is 187 g/mol. The van der Waals surface area contributed by atoms with Crippen LogP contribution in [0.1, 0.15) is 33.6 Å². The van der Waals surface area contributed by atoms with Gasteiger partial charge in [0.25, 0.3) is 0 Å². The number of aldehydes is 1. The van der Waals surface area contributed by atoms with E-state index in [0.29, 0.717) is 6.42 Å². The second kappa shape index (κ2) is 4.97. The molecule has 0 heterocycles. The Kier molecular flexibility index (Phi) is 4.62. The quantitative estimate of drug-likeness (QED) is 0.625. The third-order valence-electron chi connectivity index (χ3n) is 1.45. The molecule has 0 bridgehead atoms. The molecular formula is C9H17NO3. The first-order valence-corrected chi connectivity index (χ1v) is 4.30. The number of carboxylic acids is 1. The molecule has 0 aromatic rings. The maximum atomic E-state index is 10.5. The normalized spacial score (nSPS) is 13.8. The van der Waals surface area contributed by atoms with E-state index in [9.17, 15) is 9.59 Å². The van der Waals surface area contributed by atoms with E-state index in [4.69, 9.17) is 5.11 Å². The lowest BCUT2D eigenvalue weighted by atomic mass is 10.1. The first-order chi connectivity index (χ1) is 5.85. The second-order valence-corrected chi connectivity index (χ2v) is 4.07. The Hall–Kier alpha value is -0.900. The lowest BCUT2D eigenvalue weighted by Gasteiger charge is -2.24. The molecule has 76 valence electrons. The minimum absolute atomic E-state index is 0.0203. The van der Waals surface area contributed by atoms with Crippen LogP contribution in [0, 0.1) is 0 Å². The summed E-state index contributed by atoms with van der Waals surface area (Å²) in [6.45, 7) is 5.80. The highest BCUT2D eigenvalue weighted by molar-refractivity contribution is 5.68. The molecule has 0 saturated heterocycles. The number of carbonyl (C=O) groups excluding carboxylic acids is 1. The summed E-state index contributed by atoms with van der Waals surface area (Å²) in [5.41, 5.74) is -0.163. The molecule has 0 saturated carbocycles. The van der Waals surface area contributed by atoms with E-state index in [1.54, 1.807) is 0 Å². The van der Waals surface area contributed by atoms with E-state index >= 15 is 0 Å². The van der Waals surface area contributed by atoms with Gasteiger partial charge >= 0.3 is 5.97 Å². The van der Waals surface area contributed by atoms with Gasteiger partial charge in [0.2, 0.25) is 0 Å². The average Bonchev–Trinajstić information content (AvgIpc) is 1.95. The number of aliphatic carboxylic acids is 1. The topological polar surface area (TPSA) is 66.4 Å². The van der Waals surface area contributed by atoms with Crippen LogP contribution >= 0.6 is 0 Å². The number of nitrogens with one attached hydrogen (secondary N) is 1. The van der Waals surface area contributed by atoms with Crippen molar-refractivity contribution in [2.24, 2.45) is 0 Å². The third-order valence-corrected chi connectivity index (χ3v) is 1.45. The molecule has 0 aliphatic carbocycles. The van der Waals surface area contributed by atoms with Crippen LogP contribution in [0.2, 0.25) is 0 Å². The highest BCUT2D eigenvalue weighted by Gasteiger charge is 2.16. The molecule has 4 nitrogen and oxygen atoms in total. The van der Waals surface area contributed by atoms with Crippen molar-refractivity contribution in [3.8, 4) is 0 Å². The van der Waals surface area contributed by atoms with Crippen LogP contribution in [0.4, 0.5) is 0 Å². The zero-order chi connectivity index (χ0) is 10.5. The number of carbonyl (C=O) groups is 2. The maximum absolute atomic E-state index is 10.5. The second-order valence-electron chi connectivity index (χ2n) is 4.07. The van der Waals surface area contributed by atoms with Crippen LogP contribution in [0.15, 0.2) is 0 Å². The minimum Gasteiger partial charge on any atom is -0.481 e. The summed E-state index contributed by atoms with van der Waals surface area (Å²) in [7, 11) is 0. The SMILES string of the molecule is CC(C)(C)N[C@@H](C=O)CCC(=O)O. The van der Waals surface area contributed by atoms with Gasteiger partial charge in [-0.15, -0.1) is 0 Å². The zero-order valence-electron chi connectivity index (χ0n) is 8.33. The van der Waals surface area contributed by atoms with Crippen LogP contribution in [-0.4, -0.2) is 28.9 Å². The summed E-state index contributed by atoms with van der Waals surface area (Å²) in [6.07, 6.45) is 1.12. The highest BCUT2D eigenvalue weighted by atomic mass is 16.4. The standard InChI is InChI=1S/C9H17NO3/c1-9(2,3)10-7(6-11)4-5-8(12)13/h6-7,10H,4-5H2,1-3H3,(H,12,13)/t7-/m1/s1. The van der Waals surface area contributed by atoms with Gasteiger partial charge in [-0.1, -0.05) is 0 Å². The van der Waals surface area contributed by atoms with Gasteiger partial charge in [-0.3, -0.25) is 4.79 Å². The van der Waals surface area contributed by atoms with Crippen LogP contribution in [0.3, 0.4) is 0 Å². The number of hydrogen-bond acceptors (Lipinski definition) is 3. The van der Waals surface area contributed by atoms with Crippen molar-refractivity contribution in [1.29, 1.82) is 0 Å². The average molecular weight is 187 g/mol. The van der Waals surface area contributed by atoms with E-state index in [-0.39, 0.29) is 18.0 Å². The molecule has 4 heteroatoms. The predicted molar refractivity (Wildman–Crippen MR) is 49.6 cm³/mol. The van der Waals surface area contributed by atoms with Gasteiger partial charge in [0, 0.05) is 12.0 Å². The van der Waals surface area contributed by atoms with E-state index in [0.717, 1.165) is 6.29 Å². The molecule has 0 amide bonds. The Bertz CT molecular complexity index is 184. The fourth-order valence-corrected chi connectivity index (χ4v) is 1.01. The summed E-state index contributed by atoms with van der Waals surface area (Å²) in [5.74, 6) is -0.873. The lowest BCUT2D eigenvalue weighted by Crippen LogP contribution is -2.44. The van der Waals surface area contributed by atoms with Gasteiger partial charge in [-0.05, 0) is 27.2 Å². The van der Waals surface area contributed by atoms with E-state index in [2.05, 4.69) is 5.32 Å². The Labute approximate surface area is 78.3 Å². The zero-order valence-corrected chi connectivity index (χ0v) is 8.33. The van der Waals surface area contributed by atoms with Crippen molar-refractivity contribution in [3.63, 3.8) is 0 Å². The Morgan fingerprint density at radius 3 is 2.38 bits per heavy atom.